The molecule has 1 radical (unpaired) electrons. The quantitative estimate of drug-likeness (QED) is 0.593. The lowest BCUT2D eigenvalue weighted by Crippen LogP contribution is -2.37. The van der Waals surface area contributed by atoms with Gasteiger partial charge in [0.1, 0.15) is 5.75 Å². The van der Waals surface area contributed by atoms with Crippen molar-refractivity contribution in [3.8, 4) is 0 Å². The molecule has 1 rings (SSSR count). The zero-order valence-corrected chi connectivity index (χ0v) is 9.22. The summed E-state index contributed by atoms with van der Waals surface area (Å²) in [5, 5.41) is 4.88. The molecule has 0 aliphatic heterocycles. The number of primary sulfonamides is 1. The number of aryl methyl sites for hydroxylation is 1. The Kier molecular flexibility index (Phi) is 3.91. The molecular weight excluding hydrogens is 220 g/mol. The molecule has 77 valence electrons. The molecule has 14 heavy (non-hydrogen) atoms. The highest BCUT2D eigenvalue weighted by Gasteiger charge is 2.07. The van der Waals surface area contributed by atoms with Gasteiger partial charge in [-0.3, -0.25) is 0 Å². The van der Waals surface area contributed by atoms with Crippen LogP contribution in [0.2, 0.25) is 0 Å². The number of pyridine rings is 1. The molecule has 0 saturated carbocycles. The lowest BCUT2D eigenvalue weighted by molar-refractivity contribution is -0.692. The van der Waals surface area contributed by atoms with E-state index in [9.17, 15) is 8.42 Å². The fraction of sp³-hybridized carbons (Fsp3) is 0.250. The Bertz CT molecular complexity index is 386. The number of rotatable bonds is 4. The van der Waals surface area contributed by atoms with E-state index in [0.717, 1.165) is 4.90 Å². The summed E-state index contributed by atoms with van der Waals surface area (Å²) in [6.45, 7) is 0.376. The van der Waals surface area contributed by atoms with E-state index < -0.39 is 10.0 Å². The van der Waals surface area contributed by atoms with Gasteiger partial charge in [-0.15, -0.1) is 11.8 Å². The molecule has 0 amide bonds. The Labute approximate surface area is 88.2 Å². The molecule has 0 saturated heterocycles. The predicted molar refractivity (Wildman–Crippen MR) is 55.8 cm³/mol. The van der Waals surface area contributed by atoms with Crippen molar-refractivity contribution >= 4 is 21.8 Å². The van der Waals surface area contributed by atoms with Gasteiger partial charge >= 0.3 is 0 Å². The molecule has 1 aromatic rings. The second-order valence-electron chi connectivity index (χ2n) is 2.78. The van der Waals surface area contributed by atoms with Crippen LogP contribution in [0.25, 0.3) is 0 Å². The van der Waals surface area contributed by atoms with Gasteiger partial charge < -0.3 is 0 Å². The van der Waals surface area contributed by atoms with E-state index >= 15 is 0 Å². The Morgan fingerprint density at radius 3 is 2.43 bits per heavy atom. The fourth-order valence-corrected chi connectivity index (χ4v) is 1.70. The van der Waals surface area contributed by atoms with E-state index in [1.54, 1.807) is 17.0 Å². The first-order valence-electron chi connectivity index (χ1n) is 3.93. The van der Waals surface area contributed by atoms with Gasteiger partial charge in [-0.1, -0.05) is 0 Å². The minimum Gasteiger partial charge on any atom is -0.229 e. The predicted octanol–water partition coefficient (Wildman–Crippen LogP) is 0.146. The Morgan fingerprint density at radius 2 is 2.00 bits per heavy atom. The lowest BCUT2D eigenvalue weighted by atomic mass is 10.5. The first kappa shape index (κ1) is 11.5. The van der Waals surface area contributed by atoms with Gasteiger partial charge in [-0.2, -0.15) is 0 Å². The highest BCUT2D eigenvalue weighted by Crippen LogP contribution is 2.12. The maximum Gasteiger partial charge on any atom is 0.215 e. The molecule has 0 aromatic carbocycles. The van der Waals surface area contributed by atoms with E-state index in [2.05, 4.69) is 6.26 Å². The lowest BCUT2D eigenvalue weighted by Gasteiger charge is -1.96. The Balaban J connectivity index is 2.61. The van der Waals surface area contributed by atoms with Crippen LogP contribution in [0.5, 0.6) is 0 Å². The number of hydrogen-bond acceptors (Lipinski definition) is 3. The summed E-state index contributed by atoms with van der Waals surface area (Å²) in [7, 11) is -3.38. The van der Waals surface area contributed by atoms with Gasteiger partial charge in [-0.25, -0.2) is 18.1 Å². The zero-order chi connectivity index (χ0) is 10.6. The van der Waals surface area contributed by atoms with Crippen LogP contribution in [-0.2, 0) is 16.6 Å². The molecule has 1 heterocycles. The van der Waals surface area contributed by atoms with Crippen molar-refractivity contribution in [1.29, 1.82) is 0 Å². The molecule has 2 N–H and O–H groups in total. The summed E-state index contributed by atoms with van der Waals surface area (Å²) >= 11 is 1.39. The summed E-state index contributed by atoms with van der Waals surface area (Å²) in [5.74, 6) is -0.0471. The molecule has 0 atom stereocenters. The fourth-order valence-electron chi connectivity index (χ4n) is 0.922. The van der Waals surface area contributed by atoms with Crippen LogP contribution < -0.4 is 9.71 Å². The Morgan fingerprint density at radius 1 is 1.43 bits per heavy atom. The summed E-state index contributed by atoms with van der Waals surface area (Å²) in [4.78, 5) is 1.04. The average Bonchev–Trinajstić information content (AvgIpc) is 2.14. The van der Waals surface area contributed by atoms with E-state index in [1.165, 1.54) is 11.8 Å². The number of hydrogen-bond donors (Lipinski definition) is 1. The molecule has 0 fully saturated rings. The average molecular weight is 232 g/mol. The summed E-state index contributed by atoms with van der Waals surface area (Å²) in [6.07, 6.45) is 7.27. The third-order valence-corrected chi connectivity index (χ3v) is 3.02. The molecule has 4 nitrogen and oxygen atoms in total. The van der Waals surface area contributed by atoms with E-state index in [0.29, 0.717) is 6.54 Å². The minimum atomic E-state index is -3.38. The third kappa shape index (κ3) is 4.08. The number of nitrogens with zero attached hydrogens (tertiary/aromatic N) is 1. The molecule has 0 aliphatic carbocycles. The SMILES string of the molecule is [CH2]Sc1cc[n+](CCS(N)(=O)=O)cc1. The van der Waals surface area contributed by atoms with E-state index in [1.807, 2.05) is 12.1 Å². The molecule has 0 unspecified atom stereocenters. The topological polar surface area (TPSA) is 64.0 Å². The first-order valence-corrected chi connectivity index (χ1v) is 6.63. The van der Waals surface area contributed by atoms with Gasteiger partial charge in [0.15, 0.2) is 18.9 Å². The van der Waals surface area contributed by atoms with Gasteiger partial charge in [0, 0.05) is 23.3 Å². The van der Waals surface area contributed by atoms with Gasteiger partial charge in [0.05, 0.1) is 0 Å². The normalized spacial score (nSPS) is 11.6. The van der Waals surface area contributed by atoms with Gasteiger partial charge in [-0.05, 0) is 0 Å². The maximum atomic E-state index is 10.7. The van der Waals surface area contributed by atoms with Crippen molar-refractivity contribution in [3.05, 3.63) is 30.8 Å². The van der Waals surface area contributed by atoms with Crippen LogP contribution in [0.3, 0.4) is 0 Å². The number of nitrogens with two attached hydrogens (primary N) is 1. The van der Waals surface area contributed by atoms with Crippen LogP contribution in [-0.4, -0.2) is 14.2 Å². The van der Waals surface area contributed by atoms with Crippen molar-refractivity contribution in [1.82, 2.24) is 0 Å². The number of thioether (sulfide) groups is 1. The zero-order valence-electron chi connectivity index (χ0n) is 7.59. The number of sulfonamides is 1. The maximum absolute atomic E-state index is 10.7. The van der Waals surface area contributed by atoms with Crippen molar-refractivity contribution in [2.45, 2.75) is 11.4 Å². The molecule has 0 spiro atoms. The second kappa shape index (κ2) is 4.77. The van der Waals surface area contributed by atoms with Gasteiger partial charge in [0.25, 0.3) is 0 Å². The Hall–Kier alpha value is -0.590. The highest BCUT2D eigenvalue weighted by molar-refractivity contribution is 8.00. The van der Waals surface area contributed by atoms with Crippen LogP contribution in [0, 0.1) is 6.26 Å². The highest BCUT2D eigenvalue weighted by atomic mass is 32.2. The largest absolute Gasteiger partial charge is 0.229 e. The van der Waals surface area contributed by atoms with E-state index in [-0.39, 0.29) is 5.75 Å². The molecule has 6 heteroatoms. The molecule has 0 aliphatic rings. The van der Waals surface area contributed by atoms with Crippen molar-refractivity contribution in [2.24, 2.45) is 5.14 Å². The van der Waals surface area contributed by atoms with E-state index in [4.69, 9.17) is 5.14 Å². The summed E-state index contributed by atoms with van der Waals surface area (Å²) in [5.41, 5.74) is 0. The molecular formula is C8H12N2O2S2+. The van der Waals surface area contributed by atoms with Crippen molar-refractivity contribution in [3.63, 3.8) is 0 Å². The van der Waals surface area contributed by atoms with Crippen LogP contribution >= 0.6 is 11.8 Å². The van der Waals surface area contributed by atoms with Gasteiger partial charge in [0.2, 0.25) is 10.0 Å². The minimum absolute atomic E-state index is 0.0471. The third-order valence-electron chi connectivity index (χ3n) is 1.66. The van der Waals surface area contributed by atoms with Crippen LogP contribution in [0.1, 0.15) is 0 Å². The first-order chi connectivity index (χ1) is 6.51. The van der Waals surface area contributed by atoms with Crippen molar-refractivity contribution in [2.75, 3.05) is 5.75 Å². The van der Waals surface area contributed by atoms with Crippen molar-refractivity contribution < 1.29 is 13.0 Å². The van der Waals surface area contributed by atoms with Crippen LogP contribution in [0.15, 0.2) is 29.4 Å². The summed E-state index contributed by atoms with van der Waals surface area (Å²) < 4.78 is 23.1. The monoisotopic (exact) mass is 232 g/mol. The molecule has 0 bridgehead atoms. The standard InChI is InChI=1S/C8H12N2O2S2/c1-13-8-2-4-10(5-3-8)6-7-14(9,11)12/h2-5H,1,6-7H2,(H2,9,11,12)/q+1. The van der Waals surface area contributed by atoms with Crippen LogP contribution in [0.4, 0.5) is 0 Å². The molecule has 1 aromatic heterocycles. The second-order valence-corrected chi connectivity index (χ2v) is 5.28. The number of aromatic nitrogens is 1. The summed E-state index contributed by atoms with van der Waals surface area (Å²) in [6, 6.07) is 3.75. The smallest absolute Gasteiger partial charge is 0.215 e.